The van der Waals surface area contributed by atoms with Crippen LogP contribution in [0, 0.1) is 25.7 Å². The van der Waals surface area contributed by atoms with Crippen molar-refractivity contribution < 1.29 is 14.3 Å². The minimum absolute atomic E-state index is 0.0105. The Morgan fingerprint density at radius 2 is 2.03 bits per heavy atom. The minimum atomic E-state index is -0.358. The molecule has 2 amide bonds. The number of nitrogens with zero attached hydrogens (tertiary/aromatic N) is 3. The number of nitrogens with one attached hydrogen (secondary N) is 1. The van der Waals surface area contributed by atoms with E-state index in [0.717, 1.165) is 43.9 Å². The van der Waals surface area contributed by atoms with E-state index in [-0.39, 0.29) is 24.2 Å². The fraction of sp³-hybridized carbons (Fsp3) is 0.500. The van der Waals surface area contributed by atoms with E-state index in [1.54, 1.807) is 11.1 Å². The smallest absolute Gasteiger partial charge is 0.229 e. The Labute approximate surface area is 171 Å². The summed E-state index contributed by atoms with van der Waals surface area (Å²) in [7, 11) is 0. The summed E-state index contributed by atoms with van der Waals surface area (Å²) >= 11 is 0. The van der Waals surface area contributed by atoms with E-state index < -0.39 is 0 Å². The van der Waals surface area contributed by atoms with Gasteiger partial charge in [0.1, 0.15) is 0 Å². The van der Waals surface area contributed by atoms with E-state index in [1.165, 1.54) is 5.56 Å². The number of carbonyl (C=O) groups excluding carboxylic acids is 2. The Morgan fingerprint density at radius 3 is 2.79 bits per heavy atom. The molecule has 1 N–H and O–H groups in total. The average molecular weight is 396 g/mol. The number of benzene rings is 1. The van der Waals surface area contributed by atoms with Gasteiger partial charge >= 0.3 is 0 Å². The molecule has 1 unspecified atom stereocenters. The van der Waals surface area contributed by atoms with Gasteiger partial charge < -0.3 is 15.0 Å². The molecule has 2 saturated heterocycles. The molecule has 7 heteroatoms. The fourth-order valence-electron chi connectivity index (χ4n) is 3.99. The van der Waals surface area contributed by atoms with Gasteiger partial charge in [0.15, 0.2) is 0 Å². The van der Waals surface area contributed by atoms with Crippen molar-refractivity contribution in [3.8, 4) is 0 Å². The molecule has 3 heterocycles. The molecule has 2 fully saturated rings. The molecule has 4 rings (SSSR count). The number of ether oxygens (including phenoxy) is 1. The first-order valence-electron chi connectivity index (χ1n) is 10.3. The lowest BCUT2D eigenvalue weighted by Crippen LogP contribution is -2.28. The third-order valence-electron chi connectivity index (χ3n) is 5.98. The number of aromatic nitrogens is 2. The highest BCUT2D eigenvalue weighted by atomic mass is 16.5. The molecular weight excluding hydrogens is 368 g/mol. The normalized spacial score (nSPS) is 20.3. The molecule has 0 bridgehead atoms. The highest BCUT2D eigenvalue weighted by molar-refractivity contribution is 6.03. The zero-order valence-electron chi connectivity index (χ0n) is 17.1. The Kier molecular flexibility index (Phi) is 5.67. The van der Waals surface area contributed by atoms with Crippen molar-refractivity contribution in [1.82, 2.24) is 9.78 Å². The lowest BCUT2D eigenvalue weighted by atomic mass is 10.0. The van der Waals surface area contributed by atoms with Crippen LogP contribution in [0.5, 0.6) is 0 Å². The summed E-state index contributed by atoms with van der Waals surface area (Å²) < 4.78 is 7.28. The monoisotopic (exact) mass is 396 g/mol. The second-order valence-electron chi connectivity index (χ2n) is 8.17. The molecule has 2 aliphatic heterocycles. The van der Waals surface area contributed by atoms with Crippen molar-refractivity contribution in [3.05, 3.63) is 41.7 Å². The molecular formula is C22H28N4O3. The number of rotatable bonds is 5. The maximum Gasteiger partial charge on any atom is 0.229 e. The number of carbonyl (C=O) groups is 2. The van der Waals surface area contributed by atoms with Crippen LogP contribution in [-0.4, -0.2) is 41.4 Å². The van der Waals surface area contributed by atoms with Gasteiger partial charge in [0, 0.05) is 44.6 Å². The van der Waals surface area contributed by atoms with Gasteiger partial charge in [0.25, 0.3) is 0 Å². The van der Waals surface area contributed by atoms with Gasteiger partial charge in [0.05, 0.1) is 17.8 Å². The van der Waals surface area contributed by atoms with E-state index in [4.69, 9.17) is 4.74 Å². The summed E-state index contributed by atoms with van der Waals surface area (Å²) in [6.45, 7) is 6.93. The van der Waals surface area contributed by atoms with Gasteiger partial charge in [-0.3, -0.25) is 14.3 Å². The molecule has 1 atom stereocenters. The van der Waals surface area contributed by atoms with Crippen molar-refractivity contribution in [2.24, 2.45) is 11.8 Å². The highest BCUT2D eigenvalue weighted by Gasteiger charge is 2.35. The standard InChI is InChI=1S/C22H28N4O3/c1-15-3-4-20(9-16(15)2)26-13-18(10-21(26)27)22(28)24-19-11-23-25(14-19)12-17-5-7-29-8-6-17/h3-4,9,11,14,17-18H,5-8,10,12-13H2,1-2H3,(H,24,28). The number of amides is 2. The fourth-order valence-corrected chi connectivity index (χ4v) is 3.99. The zero-order chi connectivity index (χ0) is 20.4. The number of hydrogen-bond donors (Lipinski definition) is 1. The van der Waals surface area contributed by atoms with Crippen LogP contribution in [0.1, 0.15) is 30.4 Å². The van der Waals surface area contributed by atoms with Crippen LogP contribution in [0.3, 0.4) is 0 Å². The van der Waals surface area contributed by atoms with Crippen molar-refractivity contribution in [3.63, 3.8) is 0 Å². The summed E-state index contributed by atoms with van der Waals surface area (Å²) in [5, 5.41) is 7.30. The molecule has 154 valence electrons. The lowest BCUT2D eigenvalue weighted by Gasteiger charge is -2.21. The SMILES string of the molecule is Cc1ccc(N2CC(C(=O)Nc3cnn(CC4CCOCC4)c3)CC2=O)cc1C. The van der Waals surface area contributed by atoms with Crippen LogP contribution in [0.25, 0.3) is 0 Å². The molecule has 0 aliphatic carbocycles. The predicted octanol–water partition coefficient (Wildman–Crippen LogP) is 2.92. The van der Waals surface area contributed by atoms with Crippen molar-refractivity contribution in [2.45, 2.75) is 39.7 Å². The summed E-state index contributed by atoms with van der Waals surface area (Å²) in [5.41, 5.74) is 3.87. The Morgan fingerprint density at radius 1 is 1.24 bits per heavy atom. The van der Waals surface area contributed by atoms with Gasteiger partial charge in [-0.1, -0.05) is 6.07 Å². The molecule has 0 spiro atoms. The van der Waals surface area contributed by atoms with E-state index >= 15 is 0 Å². The largest absolute Gasteiger partial charge is 0.381 e. The molecule has 1 aromatic heterocycles. The maximum atomic E-state index is 12.7. The van der Waals surface area contributed by atoms with Crippen LogP contribution >= 0.6 is 0 Å². The molecule has 7 nitrogen and oxygen atoms in total. The highest BCUT2D eigenvalue weighted by Crippen LogP contribution is 2.27. The zero-order valence-corrected chi connectivity index (χ0v) is 17.1. The first-order valence-corrected chi connectivity index (χ1v) is 10.3. The summed E-state index contributed by atoms with van der Waals surface area (Å²) in [6, 6.07) is 5.97. The quantitative estimate of drug-likeness (QED) is 0.843. The first-order chi connectivity index (χ1) is 14.0. The second kappa shape index (κ2) is 8.37. The van der Waals surface area contributed by atoms with Crippen molar-refractivity contribution >= 4 is 23.2 Å². The van der Waals surface area contributed by atoms with E-state index in [2.05, 4.69) is 10.4 Å². The third-order valence-corrected chi connectivity index (χ3v) is 5.98. The van der Waals surface area contributed by atoms with Crippen molar-refractivity contribution in [2.75, 3.05) is 30.0 Å². The van der Waals surface area contributed by atoms with Gasteiger partial charge in [-0.05, 0) is 55.9 Å². The summed E-state index contributed by atoms with van der Waals surface area (Å²) in [6.07, 6.45) is 5.86. The van der Waals surface area contributed by atoms with Crippen LogP contribution in [0.4, 0.5) is 11.4 Å². The molecule has 1 aromatic carbocycles. The first kappa shape index (κ1) is 19.6. The number of hydrogen-bond acceptors (Lipinski definition) is 4. The van der Waals surface area contributed by atoms with E-state index in [1.807, 2.05) is 42.9 Å². The molecule has 2 aliphatic rings. The van der Waals surface area contributed by atoms with Crippen LogP contribution in [0.2, 0.25) is 0 Å². The van der Waals surface area contributed by atoms with E-state index in [9.17, 15) is 9.59 Å². The third kappa shape index (κ3) is 4.50. The topological polar surface area (TPSA) is 76.5 Å². The second-order valence-corrected chi connectivity index (χ2v) is 8.17. The Balaban J connectivity index is 1.35. The molecule has 0 saturated carbocycles. The number of aryl methyl sites for hydroxylation is 2. The molecule has 2 aromatic rings. The average Bonchev–Trinajstić information content (AvgIpc) is 3.31. The van der Waals surface area contributed by atoms with Gasteiger partial charge in [-0.15, -0.1) is 0 Å². The minimum Gasteiger partial charge on any atom is -0.381 e. The molecule has 29 heavy (non-hydrogen) atoms. The predicted molar refractivity (Wildman–Crippen MR) is 111 cm³/mol. The van der Waals surface area contributed by atoms with Crippen molar-refractivity contribution in [1.29, 1.82) is 0 Å². The van der Waals surface area contributed by atoms with Gasteiger partial charge in [-0.25, -0.2) is 0 Å². The Bertz CT molecular complexity index is 901. The molecule has 0 radical (unpaired) electrons. The maximum absolute atomic E-state index is 12.7. The van der Waals surface area contributed by atoms with Crippen LogP contribution < -0.4 is 10.2 Å². The van der Waals surface area contributed by atoms with Gasteiger partial charge in [-0.2, -0.15) is 5.10 Å². The summed E-state index contributed by atoms with van der Waals surface area (Å²) in [5.74, 6) is 0.0630. The van der Waals surface area contributed by atoms with Crippen LogP contribution in [0.15, 0.2) is 30.6 Å². The summed E-state index contributed by atoms with van der Waals surface area (Å²) in [4.78, 5) is 26.9. The lowest BCUT2D eigenvalue weighted by molar-refractivity contribution is -0.122. The Hall–Kier alpha value is -2.67. The van der Waals surface area contributed by atoms with Gasteiger partial charge in [0.2, 0.25) is 11.8 Å². The van der Waals surface area contributed by atoms with E-state index in [0.29, 0.717) is 18.2 Å². The number of anilines is 2. The van der Waals surface area contributed by atoms with Crippen LogP contribution in [-0.2, 0) is 20.9 Å².